The third-order valence-electron chi connectivity index (χ3n) is 7.62. The zero-order valence-electron chi connectivity index (χ0n) is 28.7. The van der Waals surface area contributed by atoms with Gasteiger partial charge in [0.25, 0.3) is 0 Å². The number of carbonyl (C=O) groups excluding carboxylic acids is 3. The molecule has 3 rings (SSSR count). The number of aromatic nitrogens is 4. The van der Waals surface area contributed by atoms with Crippen molar-refractivity contribution in [2.45, 2.75) is 71.2 Å². The minimum absolute atomic E-state index is 0.0295. The van der Waals surface area contributed by atoms with Crippen molar-refractivity contribution < 1.29 is 80.5 Å². The number of ketones is 1. The zero-order chi connectivity index (χ0) is 39.9. The number of phosphoric ester groups is 3. The Bertz CT molecular complexity index is 1820. The minimum atomic E-state index is -5.57. The fourth-order valence-corrected chi connectivity index (χ4v) is 7.44. The number of ether oxygens (including phenoxy) is 1. The van der Waals surface area contributed by atoms with Gasteiger partial charge in [-0.05, 0) is 19.4 Å². The topological polar surface area (TPSA) is 364 Å². The van der Waals surface area contributed by atoms with E-state index in [-0.39, 0.29) is 48.7 Å². The molecule has 2 aromatic rings. The van der Waals surface area contributed by atoms with Crippen LogP contribution in [0.4, 0.5) is 5.82 Å². The molecule has 2 aromatic heterocycles. The normalized spacial score (nSPS) is 22.6. The summed E-state index contributed by atoms with van der Waals surface area (Å²) >= 11 is 0. The van der Waals surface area contributed by atoms with Crippen LogP contribution in [-0.2, 0) is 50.7 Å². The lowest BCUT2D eigenvalue weighted by Gasteiger charge is -2.30. The molecule has 0 aromatic carbocycles. The first kappa shape index (κ1) is 44.3. The summed E-state index contributed by atoms with van der Waals surface area (Å²) in [5.74, 6) is -1.64. The largest absolute Gasteiger partial charge is 0.481 e. The Labute approximate surface area is 301 Å². The van der Waals surface area contributed by atoms with E-state index < -0.39 is 84.6 Å². The highest BCUT2D eigenvalue weighted by molar-refractivity contribution is 7.61. The van der Waals surface area contributed by atoms with Gasteiger partial charge < -0.3 is 50.9 Å². The average Bonchev–Trinajstić information content (AvgIpc) is 3.62. The van der Waals surface area contributed by atoms with E-state index in [2.05, 4.69) is 34.4 Å². The molecule has 0 saturated carbocycles. The maximum atomic E-state index is 12.6. The summed E-state index contributed by atoms with van der Waals surface area (Å²) in [4.78, 5) is 87.1. The van der Waals surface area contributed by atoms with Crippen molar-refractivity contribution in [1.82, 2.24) is 30.2 Å². The number of nitrogens with one attached hydrogen (secondary N) is 2. The Morgan fingerprint density at radius 3 is 2.34 bits per heavy atom. The molecule has 1 saturated heterocycles. The number of allylic oxidation sites excluding steroid dienone is 2. The second-order valence-corrected chi connectivity index (χ2v) is 16.4. The Balaban J connectivity index is 1.54. The van der Waals surface area contributed by atoms with E-state index >= 15 is 0 Å². The van der Waals surface area contributed by atoms with Crippen molar-refractivity contribution in [3.63, 3.8) is 0 Å². The quantitative estimate of drug-likeness (QED) is 0.0591. The second kappa shape index (κ2) is 18.1. The lowest BCUT2D eigenvalue weighted by Crippen LogP contribution is -2.46. The molecule has 24 nitrogen and oxygen atoms in total. The number of amides is 2. The molecule has 1 aliphatic rings. The maximum Gasteiger partial charge on any atom is 0.481 e. The minimum Gasteiger partial charge on any atom is -0.386 e. The molecular formula is C26H42N7O17P3. The number of phosphoric acid groups is 3. The zero-order valence-corrected chi connectivity index (χ0v) is 31.4. The number of Topliss-reactive ketones (excluding diaryl/α,β-unsaturated/α-hetero) is 1. The molecule has 0 spiro atoms. The van der Waals surface area contributed by atoms with Crippen LogP contribution < -0.4 is 16.4 Å². The van der Waals surface area contributed by atoms with Crippen molar-refractivity contribution in [3.05, 3.63) is 24.3 Å². The Morgan fingerprint density at radius 1 is 1.06 bits per heavy atom. The molecule has 27 heteroatoms. The highest BCUT2D eigenvalue weighted by Crippen LogP contribution is 2.61. The molecule has 10 N–H and O–H groups in total. The number of nitrogens with two attached hydrogens (primary N) is 1. The van der Waals surface area contributed by atoms with Crippen LogP contribution in [0.5, 0.6) is 0 Å². The lowest BCUT2D eigenvalue weighted by molar-refractivity contribution is -0.137. The summed E-state index contributed by atoms with van der Waals surface area (Å²) in [6.45, 7) is 3.69. The molecule has 1 aliphatic heterocycles. The van der Waals surface area contributed by atoms with E-state index in [0.717, 1.165) is 17.2 Å². The van der Waals surface area contributed by atoms with Crippen LogP contribution in [0.3, 0.4) is 0 Å². The highest BCUT2D eigenvalue weighted by Gasteiger charge is 2.50. The lowest BCUT2D eigenvalue weighted by atomic mass is 9.87. The van der Waals surface area contributed by atoms with Gasteiger partial charge in [-0.2, -0.15) is 4.31 Å². The van der Waals surface area contributed by atoms with Gasteiger partial charge in [0.2, 0.25) is 11.8 Å². The maximum absolute atomic E-state index is 12.6. The number of hydrogen-bond acceptors (Lipinski definition) is 17. The molecular weight excluding hydrogens is 775 g/mol. The predicted molar refractivity (Wildman–Crippen MR) is 179 cm³/mol. The number of hydrogen-bond donors (Lipinski definition) is 9. The number of imidazole rings is 1. The van der Waals surface area contributed by atoms with Gasteiger partial charge in [0, 0.05) is 31.3 Å². The van der Waals surface area contributed by atoms with E-state index in [4.69, 9.17) is 19.5 Å². The third-order valence-corrected chi connectivity index (χ3v) is 10.7. The van der Waals surface area contributed by atoms with Crippen molar-refractivity contribution >= 4 is 58.0 Å². The molecule has 0 radical (unpaired) electrons. The fraction of sp³-hybridized carbons (Fsp3) is 0.615. The Hall–Kier alpha value is -3.05. The monoisotopic (exact) mass is 817 g/mol. The summed E-state index contributed by atoms with van der Waals surface area (Å²) in [5, 5.41) is 26.2. The van der Waals surface area contributed by atoms with Crippen molar-refractivity contribution in [3.8, 4) is 0 Å². The predicted octanol–water partition coefficient (Wildman–Crippen LogP) is -0.670. The molecule has 298 valence electrons. The number of fused-ring (bicyclic) bond motifs is 1. The van der Waals surface area contributed by atoms with Gasteiger partial charge in [0.1, 0.15) is 36.3 Å². The van der Waals surface area contributed by atoms with E-state index in [1.165, 1.54) is 13.8 Å². The summed E-state index contributed by atoms with van der Waals surface area (Å²) in [7, 11) is -16.4. The highest BCUT2D eigenvalue weighted by atomic mass is 31.3. The van der Waals surface area contributed by atoms with Crippen LogP contribution in [0.1, 0.15) is 46.8 Å². The average molecular weight is 818 g/mol. The van der Waals surface area contributed by atoms with Gasteiger partial charge in [-0.3, -0.25) is 32.5 Å². The van der Waals surface area contributed by atoms with Crippen LogP contribution in [0.2, 0.25) is 0 Å². The van der Waals surface area contributed by atoms with Crippen LogP contribution >= 0.6 is 23.5 Å². The van der Waals surface area contributed by atoms with Crippen molar-refractivity contribution in [2.24, 2.45) is 5.41 Å². The van der Waals surface area contributed by atoms with Crippen LogP contribution in [0, 0.1) is 5.41 Å². The summed E-state index contributed by atoms with van der Waals surface area (Å²) in [6, 6.07) is 0. The Kier molecular flexibility index (Phi) is 15.1. The molecule has 7 atom stereocenters. The van der Waals surface area contributed by atoms with Gasteiger partial charge in [0.15, 0.2) is 23.5 Å². The SMILES string of the molecule is C/C=C(\C)C(=O)CCNC(=O)CCNC(=O)C(O)C(C)(C)COP(=O)(O)OP(=O)(O)OCC1OC(n2cnc3c(N)ncnc32)C(O)C1OP(=O)(O)O. The smallest absolute Gasteiger partial charge is 0.386 e. The summed E-state index contributed by atoms with van der Waals surface area (Å²) < 4.78 is 61.9. The number of nitrogen functional groups attached to an aromatic ring is 1. The molecule has 3 heterocycles. The molecule has 0 bridgehead atoms. The molecule has 7 unspecified atom stereocenters. The van der Waals surface area contributed by atoms with E-state index in [1.54, 1.807) is 19.9 Å². The third kappa shape index (κ3) is 12.8. The van der Waals surface area contributed by atoms with Gasteiger partial charge in [-0.25, -0.2) is 28.6 Å². The number of aliphatic hydroxyl groups is 2. The number of carbonyl (C=O) groups is 3. The molecule has 1 fully saturated rings. The van der Waals surface area contributed by atoms with Crippen LogP contribution in [0.25, 0.3) is 11.2 Å². The van der Waals surface area contributed by atoms with Gasteiger partial charge in [0.05, 0.1) is 19.5 Å². The van der Waals surface area contributed by atoms with Crippen molar-refractivity contribution in [2.75, 3.05) is 32.0 Å². The molecule has 0 aliphatic carbocycles. The molecule has 53 heavy (non-hydrogen) atoms. The summed E-state index contributed by atoms with van der Waals surface area (Å²) in [6.07, 6.45) is -5.21. The first-order chi connectivity index (χ1) is 24.5. The number of nitrogens with zero attached hydrogens (tertiary/aromatic N) is 4. The first-order valence-electron chi connectivity index (χ1n) is 15.5. The van der Waals surface area contributed by atoms with Gasteiger partial charge in [-0.15, -0.1) is 0 Å². The standard InChI is InChI=1S/C26H42N7O17P3/c1-5-14(2)15(34)6-8-28-17(35)7-9-29-24(38)21(37)26(3,4)11-47-53(44,45)50-52(42,43)46-10-16-20(49-51(39,40)41)19(36)25(48-16)33-13-32-18-22(27)30-12-31-23(18)33/h5,12-13,16,19-21,25,36-37H,6-11H2,1-4H3,(H,28,35)(H,29,38)(H,42,43)(H,44,45)(H2,27,30,31)(H2,39,40,41)/b14-5+. The number of rotatable bonds is 20. The van der Waals surface area contributed by atoms with Gasteiger partial charge in [-0.1, -0.05) is 19.9 Å². The number of anilines is 1. The van der Waals surface area contributed by atoms with Crippen LogP contribution in [0.15, 0.2) is 24.3 Å². The van der Waals surface area contributed by atoms with Crippen molar-refractivity contribution in [1.29, 1.82) is 0 Å². The Morgan fingerprint density at radius 2 is 1.70 bits per heavy atom. The van der Waals surface area contributed by atoms with Gasteiger partial charge >= 0.3 is 23.5 Å². The van der Waals surface area contributed by atoms with E-state index in [9.17, 15) is 57.9 Å². The van der Waals surface area contributed by atoms with Crippen LogP contribution in [-0.4, -0.2) is 118 Å². The molecule has 2 amide bonds. The second-order valence-electron chi connectivity index (χ2n) is 12.2. The first-order valence-corrected chi connectivity index (χ1v) is 20.0. The van der Waals surface area contributed by atoms with E-state index in [0.29, 0.717) is 5.57 Å². The van der Waals surface area contributed by atoms with E-state index in [1.807, 2.05) is 0 Å². The number of aliphatic hydroxyl groups excluding tert-OH is 2. The fourth-order valence-electron chi connectivity index (χ4n) is 4.61. The summed E-state index contributed by atoms with van der Waals surface area (Å²) in [5.41, 5.74) is 4.80.